The Labute approximate surface area is 60.0 Å². The summed E-state index contributed by atoms with van der Waals surface area (Å²) in [6, 6.07) is 0. The summed E-state index contributed by atoms with van der Waals surface area (Å²) in [7, 11) is 0. The minimum atomic E-state index is -1.05. The summed E-state index contributed by atoms with van der Waals surface area (Å²) >= 11 is 0. The van der Waals surface area contributed by atoms with Crippen LogP contribution < -0.4 is 0 Å². The average Bonchev–Trinajstić information content (AvgIpc) is 1.60. The van der Waals surface area contributed by atoms with Gasteiger partial charge >= 0.3 is 5.97 Å². The fourth-order valence-electron chi connectivity index (χ4n) is 0.598. The summed E-state index contributed by atoms with van der Waals surface area (Å²) in [6.07, 6.45) is 0.0995. The molecule has 2 N–H and O–H groups in total. The normalized spacial score (nSPS) is 11.1. The molecule has 0 fully saturated rings. The van der Waals surface area contributed by atoms with Gasteiger partial charge < -0.3 is 10.2 Å². The van der Waals surface area contributed by atoms with Crippen LogP contribution in [0.2, 0.25) is 0 Å². The molecule has 58 valence electrons. The lowest BCUT2D eigenvalue weighted by Crippen LogP contribution is -2.21. The first-order chi connectivity index (χ1) is 4.33. The lowest BCUT2D eigenvalue weighted by atomic mass is 10.0. The van der Waals surface area contributed by atoms with Gasteiger partial charge in [0, 0.05) is 12.0 Å². The summed E-state index contributed by atoms with van der Waals surface area (Å²) in [5.41, 5.74) is -0.942. The van der Waals surface area contributed by atoms with E-state index >= 15 is 0 Å². The van der Waals surface area contributed by atoms with Crippen molar-refractivity contribution in [3.63, 3.8) is 0 Å². The fourth-order valence-corrected chi connectivity index (χ4v) is 0.598. The third-order valence-electron chi connectivity index (χ3n) is 0.948. The predicted molar refractivity (Wildman–Crippen MR) is 37.7 cm³/mol. The maximum absolute atomic E-state index is 10.2. The molecule has 0 aliphatic heterocycles. The Morgan fingerprint density at radius 1 is 1.60 bits per heavy atom. The van der Waals surface area contributed by atoms with Crippen LogP contribution in [0, 0.1) is 0 Å². The van der Waals surface area contributed by atoms with Gasteiger partial charge in [0.05, 0.1) is 5.60 Å². The molecule has 0 radical (unpaired) electrons. The van der Waals surface area contributed by atoms with Gasteiger partial charge in [-0.3, -0.25) is 0 Å². The molecule has 3 heteroatoms. The van der Waals surface area contributed by atoms with Gasteiger partial charge in [-0.1, -0.05) is 6.58 Å². The Balaban J connectivity index is 3.93. The van der Waals surface area contributed by atoms with Gasteiger partial charge in [-0.25, -0.2) is 4.79 Å². The largest absolute Gasteiger partial charge is 0.478 e. The zero-order valence-corrected chi connectivity index (χ0v) is 6.22. The molecule has 0 amide bonds. The van der Waals surface area contributed by atoms with Gasteiger partial charge in [0.25, 0.3) is 0 Å². The highest BCUT2D eigenvalue weighted by Crippen LogP contribution is 2.13. The summed E-state index contributed by atoms with van der Waals surface area (Å²) in [6.45, 7) is 6.37. The van der Waals surface area contributed by atoms with E-state index in [2.05, 4.69) is 6.58 Å². The van der Waals surface area contributed by atoms with Crippen molar-refractivity contribution in [2.75, 3.05) is 0 Å². The number of aliphatic hydroxyl groups is 1. The third kappa shape index (κ3) is 4.09. The lowest BCUT2D eigenvalue weighted by molar-refractivity contribution is -0.133. The minimum Gasteiger partial charge on any atom is -0.478 e. The molecule has 0 bridgehead atoms. The Morgan fingerprint density at radius 3 is 2.10 bits per heavy atom. The van der Waals surface area contributed by atoms with Crippen LogP contribution in [0.5, 0.6) is 0 Å². The smallest absolute Gasteiger partial charge is 0.331 e. The average molecular weight is 144 g/mol. The van der Waals surface area contributed by atoms with Crippen molar-refractivity contribution >= 4 is 5.97 Å². The van der Waals surface area contributed by atoms with Crippen LogP contribution in [0.1, 0.15) is 20.3 Å². The number of rotatable bonds is 3. The third-order valence-corrected chi connectivity index (χ3v) is 0.948. The van der Waals surface area contributed by atoms with Crippen LogP contribution in [0.15, 0.2) is 12.2 Å². The van der Waals surface area contributed by atoms with Gasteiger partial charge in [-0.2, -0.15) is 0 Å². The summed E-state index contributed by atoms with van der Waals surface area (Å²) in [4.78, 5) is 10.2. The SMILES string of the molecule is C=C(CC(C)(C)O)C(=O)O. The van der Waals surface area contributed by atoms with Crippen molar-refractivity contribution in [3.8, 4) is 0 Å². The number of carboxylic acids is 1. The van der Waals surface area contributed by atoms with E-state index < -0.39 is 11.6 Å². The molecule has 0 spiro atoms. The van der Waals surface area contributed by atoms with E-state index in [-0.39, 0.29) is 12.0 Å². The van der Waals surface area contributed by atoms with Gasteiger partial charge in [0.1, 0.15) is 0 Å². The first-order valence-corrected chi connectivity index (χ1v) is 2.96. The van der Waals surface area contributed by atoms with E-state index in [1.165, 1.54) is 0 Å². The Hall–Kier alpha value is -0.830. The van der Waals surface area contributed by atoms with Crippen LogP contribution >= 0.6 is 0 Å². The molecule has 0 rings (SSSR count). The van der Waals surface area contributed by atoms with E-state index in [4.69, 9.17) is 10.2 Å². The number of hydrogen-bond acceptors (Lipinski definition) is 2. The molecule has 0 unspecified atom stereocenters. The summed E-state index contributed by atoms with van der Waals surface area (Å²) < 4.78 is 0. The second-order valence-electron chi connectivity index (χ2n) is 2.90. The molecule has 0 aromatic heterocycles. The molecule has 0 aliphatic carbocycles. The zero-order valence-electron chi connectivity index (χ0n) is 6.22. The summed E-state index contributed by atoms with van der Waals surface area (Å²) in [5.74, 6) is -1.05. The molecule has 0 aromatic carbocycles. The molecule has 0 heterocycles. The van der Waals surface area contributed by atoms with Crippen LogP contribution in [0.4, 0.5) is 0 Å². The number of hydrogen-bond donors (Lipinski definition) is 2. The molecule has 0 atom stereocenters. The first kappa shape index (κ1) is 9.17. The Morgan fingerprint density at radius 2 is 2.00 bits per heavy atom. The van der Waals surface area contributed by atoms with E-state index in [1.807, 2.05) is 0 Å². The van der Waals surface area contributed by atoms with Crippen molar-refractivity contribution in [1.82, 2.24) is 0 Å². The molecule has 0 saturated heterocycles. The molecule has 0 aliphatic rings. The number of carbonyl (C=O) groups is 1. The van der Waals surface area contributed by atoms with Crippen LogP contribution in [0.25, 0.3) is 0 Å². The fraction of sp³-hybridized carbons (Fsp3) is 0.571. The Bertz CT molecular complexity index is 153. The van der Waals surface area contributed by atoms with Crippen LogP contribution in [-0.4, -0.2) is 21.8 Å². The maximum atomic E-state index is 10.2. The van der Waals surface area contributed by atoms with E-state index in [0.29, 0.717) is 0 Å². The predicted octanol–water partition coefficient (Wildman–Crippen LogP) is 0.788. The van der Waals surface area contributed by atoms with Crippen molar-refractivity contribution in [3.05, 3.63) is 12.2 Å². The van der Waals surface area contributed by atoms with Gasteiger partial charge in [-0.15, -0.1) is 0 Å². The van der Waals surface area contributed by atoms with Crippen LogP contribution in [-0.2, 0) is 4.79 Å². The highest BCUT2D eigenvalue weighted by Gasteiger charge is 2.17. The van der Waals surface area contributed by atoms with E-state index in [0.717, 1.165) is 0 Å². The number of aliphatic carboxylic acids is 1. The van der Waals surface area contributed by atoms with Crippen molar-refractivity contribution in [2.24, 2.45) is 0 Å². The van der Waals surface area contributed by atoms with Crippen molar-refractivity contribution < 1.29 is 15.0 Å². The molecule has 0 aromatic rings. The number of carboxylic acid groups (broad SMARTS) is 1. The lowest BCUT2D eigenvalue weighted by Gasteiger charge is -2.15. The second kappa shape index (κ2) is 2.84. The van der Waals surface area contributed by atoms with Gasteiger partial charge in [-0.05, 0) is 13.8 Å². The van der Waals surface area contributed by atoms with Crippen LogP contribution in [0.3, 0.4) is 0 Å². The molecular formula is C7H12O3. The summed E-state index contributed by atoms with van der Waals surface area (Å²) in [5, 5.41) is 17.4. The van der Waals surface area contributed by atoms with Crippen molar-refractivity contribution in [1.29, 1.82) is 0 Å². The van der Waals surface area contributed by atoms with Gasteiger partial charge in [0.2, 0.25) is 0 Å². The first-order valence-electron chi connectivity index (χ1n) is 2.96. The highest BCUT2D eigenvalue weighted by molar-refractivity contribution is 5.85. The standard InChI is InChI=1S/C7H12O3/c1-5(6(8)9)4-7(2,3)10/h10H,1,4H2,2-3H3,(H,8,9). The van der Waals surface area contributed by atoms with E-state index in [1.54, 1.807) is 13.8 Å². The topological polar surface area (TPSA) is 57.5 Å². The molecule has 0 saturated carbocycles. The quantitative estimate of drug-likeness (QED) is 0.576. The minimum absolute atomic E-state index is 0.0347. The van der Waals surface area contributed by atoms with Gasteiger partial charge in [0.15, 0.2) is 0 Å². The van der Waals surface area contributed by atoms with E-state index in [9.17, 15) is 4.79 Å². The molecule has 10 heavy (non-hydrogen) atoms. The molecule has 3 nitrogen and oxygen atoms in total. The second-order valence-corrected chi connectivity index (χ2v) is 2.90. The molecular weight excluding hydrogens is 132 g/mol. The maximum Gasteiger partial charge on any atom is 0.331 e. The van der Waals surface area contributed by atoms with Crippen molar-refractivity contribution in [2.45, 2.75) is 25.9 Å². The zero-order chi connectivity index (χ0) is 8.36. The Kier molecular flexibility index (Phi) is 2.60. The monoisotopic (exact) mass is 144 g/mol. The highest BCUT2D eigenvalue weighted by atomic mass is 16.4.